The van der Waals surface area contributed by atoms with Crippen LogP contribution in [0.1, 0.15) is 11.1 Å². The van der Waals surface area contributed by atoms with Crippen molar-refractivity contribution in [2.24, 2.45) is 21.7 Å². The smallest absolute Gasteiger partial charge is 0.211 e. The standard InChI is InChI=1S/C15H15ClN4O.ClH/c16-13-8-12(9-19-20-15(17)18)6-7-14(13)21-10-11-4-2-1-3-5-11;/h1-9H,10H2,(H4,17,18,20);1H. The molecule has 2 rings (SSSR count). The highest BCUT2D eigenvalue weighted by atomic mass is 35.5. The van der Waals surface area contributed by atoms with Gasteiger partial charge in [0, 0.05) is 0 Å². The molecule has 0 bridgehead atoms. The molecular formula is C15H16Cl2N4O. The first-order chi connectivity index (χ1) is 10.1. The van der Waals surface area contributed by atoms with E-state index in [0.717, 1.165) is 11.1 Å². The van der Waals surface area contributed by atoms with Gasteiger partial charge >= 0.3 is 0 Å². The molecule has 0 saturated carbocycles. The number of nitrogens with two attached hydrogens (primary N) is 2. The fourth-order valence-electron chi connectivity index (χ4n) is 1.61. The minimum absolute atomic E-state index is 0. The van der Waals surface area contributed by atoms with Gasteiger partial charge < -0.3 is 16.2 Å². The van der Waals surface area contributed by atoms with Crippen LogP contribution in [0.2, 0.25) is 5.02 Å². The predicted octanol–water partition coefficient (Wildman–Crippen LogP) is 2.95. The molecule has 0 fully saturated rings. The van der Waals surface area contributed by atoms with E-state index in [2.05, 4.69) is 10.2 Å². The molecule has 7 heteroatoms. The van der Waals surface area contributed by atoms with E-state index in [-0.39, 0.29) is 18.4 Å². The third-order valence-electron chi connectivity index (χ3n) is 2.57. The van der Waals surface area contributed by atoms with Crippen molar-refractivity contribution in [2.45, 2.75) is 6.61 Å². The van der Waals surface area contributed by atoms with Crippen LogP contribution in [0.15, 0.2) is 58.7 Å². The summed E-state index contributed by atoms with van der Waals surface area (Å²) >= 11 is 6.17. The lowest BCUT2D eigenvalue weighted by molar-refractivity contribution is 0.306. The van der Waals surface area contributed by atoms with Crippen molar-refractivity contribution in [3.05, 3.63) is 64.7 Å². The van der Waals surface area contributed by atoms with Crippen molar-refractivity contribution < 1.29 is 4.74 Å². The van der Waals surface area contributed by atoms with Crippen molar-refractivity contribution >= 4 is 36.2 Å². The highest BCUT2D eigenvalue weighted by Gasteiger charge is 2.02. The Labute approximate surface area is 140 Å². The van der Waals surface area contributed by atoms with Crippen LogP contribution in [-0.4, -0.2) is 12.2 Å². The quantitative estimate of drug-likeness (QED) is 0.499. The van der Waals surface area contributed by atoms with Crippen LogP contribution in [0.25, 0.3) is 0 Å². The Morgan fingerprint density at radius 2 is 1.86 bits per heavy atom. The molecule has 0 spiro atoms. The van der Waals surface area contributed by atoms with E-state index in [0.29, 0.717) is 17.4 Å². The van der Waals surface area contributed by atoms with Gasteiger partial charge in [-0.1, -0.05) is 41.9 Å². The maximum absolute atomic E-state index is 6.17. The normalized spacial score (nSPS) is 10.0. The summed E-state index contributed by atoms with van der Waals surface area (Å²) in [6, 6.07) is 15.2. The summed E-state index contributed by atoms with van der Waals surface area (Å²) in [4.78, 5) is 0. The Morgan fingerprint density at radius 3 is 2.50 bits per heavy atom. The molecule has 0 heterocycles. The van der Waals surface area contributed by atoms with Crippen LogP contribution >= 0.6 is 24.0 Å². The number of guanidine groups is 1. The van der Waals surface area contributed by atoms with Gasteiger partial charge in [0.2, 0.25) is 5.96 Å². The molecule has 5 nitrogen and oxygen atoms in total. The number of nitrogens with zero attached hydrogens (tertiary/aromatic N) is 2. The summed E-state index contributed by atoms with van der Waals surface area (Å²) in [5.74, 6) is 0.514. The van der Waals surface area contributed by atoms with E-state index >= 15 is 0 Å². The summed E-state index contributed by atoms with van der Waals surface area (Å²) in [6.07, 6.45) is 1.51. The summed E-state index contributed by atoms with van der Waals surface area (Å²) in [5.41, 5.74) is 12.2. The molecule has 22 heavy (non-hydrogen) atoms. The molecule has 0 atom stereocenters. The zero-order valence-electron chi connectivity index (χ0n) is 11.6. The summed E-state index contributed by atoms with van der Waals surface area (Å²) < 4.78 is 5.68. The molecule has 0 radical (unpaired) electrons. The van der Waals surface area contributed by atoms with Gasteiger partial charge in [0.05, 0.1) is 11.2 Å². The fourth-order valence-corrected chi connectivity index (χ4v) is 1.86. The SMILES string of the molecule is Cl.NC(N)=NN=Cc1ccc(OCc2ccccc2)c(Cl)c1. The zero-order chi connectivity index (χ0) is 15.1. The zero-order valence-corrected chi connectivity index (χ0v) is 13.2. The number of rotatable bonds is 5. The van der Waals surface area contributed by atoms with Crippen molar-refractivity contribution in [1.82, 2.24) is 0 Å². The third-order valence-corrected chi connectivity index (χ3v) is 2.87. The van der Waals surface area contributed by atoms with E-state index in [1.165, 1.54) is 6.21 Å². The number of hydrogen-bond donors (Lipinski definition) is 2. The van der Waals surface area contributed by atoms with E-state index in [1.807, 2.05) is 36.4 Å². The Balaban J connectivity index is 0.00000242. The van der Waals surface area contributed by atoms with Gasteiger partial charge in [-0.25, -0.2) is 0 Å². The Bertz CT molecular complexity index is 656. The van der Waals surface area contributed by atoms with E-state index in [9.17, 15) is 0 Å². The van der Waals surface area contributed by atoms with Crippen molar-refractivity contribution in [3.63, 3.8) is 0 Å². The summed E-state index contributed by atoms with van der Waals surface area (Å²) in [5, 5.41) is 7.73. The topological polar surface area (TPSA) is 86.0 Å². The molecule has 0 aliphatic heterocycles. The van der Waals surface area contributed by atoms with Gasteiger partial charge in [-0.2, -0.15) is 5.10 Å². The molecule has 116 valence electrons. The first kappa shape index (κ1) is 17.8. The fraction of sp³-hybridized carbons (Fsp3) is 0.0667. The highest BCUT2D eigenvalue weighted by molar-refractivity contribution is 6.32. The highest BCUT2D eigenvalue weighted by Crippen LogP contribution is 2.25. The minimum atomic E-state index is -0.0971. The van der Waals surface area contributed by atoms with E-state index in [1.54, 1.807) is 12.1 Å². The second-order valence-electron chi connectivity index (χ2n) is 4.23. The summed E-state index contributed by atoms with van der Waals surface area (Å²) in [6.45, 7) is 0.460. The lowest BCUT2D eigenvalue weighted by Gasteiger charge is -2.08. The molecule has 4 N–H and O–H groups in total. The van der Waals surface area contributed by atoms with Gasteiger partial charge in [-0.05, 0) is 29.3 Å². The minimum Gasteiger partial charge on any atom is -0.487 e. The van der Waals surface area contributed by atoms with E-state index in [4.69, 9.17) is 27.8 Å². The lowest BCUT2D eigenvalue weighted by atomic mass is 10.2. The molecule has 0 unspecified atom stereocenters. The first-order valence-corrected chi connectivity index (χ1v) is 6.61. The molecule has 0 aliphatic rings. The third kappa shape index (κ3) is 5.63. The van der Waals surface area contributed by atoms with Crippen molar-refractivity contribution in [3.8, 4) is 5.75 Å². The second kappa shape index (κ2) is 8.92. The molecular weight excluding hydrogens is 323 g/mol. The molecule has 2 aromatic rings. The van der Waals surface area contributed by atoms with Gasteiger partial charge in [0.25, 0.3) is 0 Å². The Morgan fingerprint density at radius 1 is 1.14 bits per heavy atom. The van der Waals surface area contributed by atoms with Crippen LogP contribution in [0.4, 0.5) is 0 Å². The molecule has 0 aromatic heterocycles. The average Bonchev–Trinajstić information content (AvgIpc) is 2.47. The lowest BCUT2D eigenvalue weighted by Crippen LogP contribution is -2.21. The predicted molar refractivity (Wildman–Crippen MR) is 92.9 cm³/mol. The number of halogens is 2. The van der Waals surface area contributed by atoms with Crippen LogP contribution < -0.4 is 16.2 Å². The first-order valence-electron chi connectivity index (χ1n) is 6.23. The van der Waals surface area contributed by atoms with Gasteiger partial charge in [-0.15, -0.1) is 17.5 Å². The molecule has 0 aliphatic carbocycles. The average molecular weight is 339 g/mol. The maximum Gasteiger partial charge on any atom is 0.211 e. The largest absolute Gasteiger partial charge is 0.487 e. The molecule has 0 saturated heterocycles. The Kier molecular flexibility index (Phi) is 7.22. The van der Waals surface area contributed by atoms with Crippen molar-refractivity contribution in [1.29, 1.82) is 0 Å². The van der Waals surface area contributed by atoms with Crippen LogP contribution in [0, 0.1) is 0 Å². The second-order valence-corrected chi connectivity index (χ2v) is 4.64. The number of benzene rings is 2. The number of hydrogen-bond acceptors (Lipinski definition) is 3. The van der Waals surface area contributed by atoms with Crippen LogP contribution in [0.5, 0.6) is 5.75 Å². The molecule has 2 aromatic carbocycles. The monoisotopic (exact) mass is 338 g/mol. The van der Waals surface area contributed by atoms with Gasteiger partial charge in [-0.3, -0.25) is 0 Å². The summed E-state index contributed by atoms with van der Waals surface area (Å²) in [7, 11) is 0. The number of ether oxygens (including phenoxy) is 1. The van der Waals surface area contributed by atoms with Crippen molar-refractivity contribution in [2.75, 3.05) is 0 Å². The van der Waals surface area contributed by atoms with Gasteiger partial charge in [0.1, 0.15) is 12.4 Å². The van der Waals surface area contributed by atoms with Crippen LogP contribution in [-0.2, 0) is 6.61 Å². The van der Waals surface area contributed by atoms with E-state index < -0.39 is 0 Å². The molecule has 0 amide bonds. The Hall–Kier alpha value is -2.24. The maximum atomic E-state index is 6.17. The van der Waals surface area contributed by atoms with Crippen LogP contribution in [0.3, 0.4) is 0 Å². The van der Waals surface area contributed by atoms with Gasteiger partial charge in [0.15, 0.2) is 0 Å².